The summed E-state index contributed by atoms with van der Waals surface area (Å²) in [5.41, 5.74) is 7.97. The van der Waals surface area contributed by atoms with Crippen molar-refractivity contribution in [3.63, 3.8) is 0 Å². The van der Waals surface area contributed by atoms with E-state index in [1.807, 2.05) is 12.1 Å². The number of nitrogens with two attached hydrogens (primary N) is 1. The highest BCUT2D eigenvalue weighted by Crippen LogP contribution is 2.26. The summed E-state index contributed by atoms with van der Waals surface area (Å²) in [5.74, 6) is 0.886. The van der Waals surface area contributed by atoms with Gasteiger partial charge in [0.15, 0.2) is 0 Å². The van der Waals surface area contributed by atoms with Crippen molar-refractivity contribution in [2.45, 2.75) is 25.9 Å². The summed E-state index contributed by atoms with van der Waals surface area (Å²) in [6.07, 6.45) is 0. The quantitative estimate of drug-likeness (QED) is 0.844. The van der Waals surface area contributed by atoms with Gasteiger partial charge in [0, 0.05) is 49.0 Å². The van der Waals surface area contributed by atoms with Crippen LogP contribution < -0.4 is 10.5 Å². The molecule has 1 aliphatic heterocycles. The van der Waals surface area contributed by atoms with Crippen molar-refractivity contribution >= 4 is 5.69 Å². The molecular weight excluding hydrogens is 238 g/mol. The van der Waals surface area contributed by atoms with Gasteiger partial charge in [0.1, 0.15) is 5.75 Å². The molecular formula is C15H25N3O. The number of nitrogen functional groups attached to an aromatic ring is 1. The van der Waals surface area contributed by atoms with Gasteiger partial charge >= 0.3 is 0 Å². The van der Waals surface area contributed by atoms with E-state index in [0.717, 1.165) is 37.6 Å². The summed E-state index contributed by atoms with van der Waals surface area (Å²) in [4.78, 5) is 4.90. The maximum absolute atomic E-state index is 5.80. The van der Waals surface area contributed by atoms with Gasteiger partial charge in [-0.25, -0.2) is 0 Å². The third-order valence-electron chi connectivity index (χ3n) is 4.10. The zero-order valence-electron chi connectivity index (χ0n) is 12.4. The van der Waals surface area contributed by atoms with E-state index in [1.54, 1.807) is 7.11 Å². The molecule has 2 N–H and O–H groups in total. The largest absolute Gasteiger partial charge is 0.496 e. The monoisotopic (exact) mass is 263 g/mol. The van der Waals surface area contributed by atoms with Gasteiger partial charge in [-0.15, -0.1) is 0 Å². The number of likely N-dealkylation sites (N-methyl/N-ethyl adjacent to an activating group) is 1. The van der Waals surface area contributed by atoms with Crippen LogP contribution in [0.2, 0.25) is 0 Å². The smallest absolute Gasteiger partial charge is 0.125 e. The van der Waals surface area contributed by atoms with Crippen molar-refractivity contribution in [1.29, 1.82) is 0 Å². The fraction of sp³-hybridized carbons (Fsp3) is 0.600. The lowest BCUT2D eigenvalue weighted by molar-refractivity contribution is 0.0356. The maximum Gasteiger partial charge on any atom is 0.125 e. The molecule has 1 aromatic rings. The number of hydrogen-bond donors (Lipinski definition) is 1. The molecule has 0 saturated carbocycles. The van der Waals surface area contributed by atoms with E-state index in [1.165, 1.54) is 5.56 Å². The highest BCUT2D eigenvalue weighted by atomic mass is 16.5. The van der Waals surface area contributed by atoms with Crippen LogP contribution in [0.3, 0.4) is 0 Å². The van der Waals surface area contributed by atoms with Crippen molar-refractivity contribution in [2.75, 3.05) is 39.5 Å². The molecule has 0 spiro atoms. The first-order valence-corrected chi connectivity index (χ1v) is 6.78. The number of methoxy groups -OCH3 is 1. The highest BCUT2D eigenvalue weighted by molar-refractivity contribution is 5.48. The minimum Gasteiger partial charge on any atom is -0.496 e. The van der Waals surface area contributed by atoms with E-state index in [-0.39, 0.29) is 5.54 Å². The maximum atomic E-state index is 5.80. The Hall–Kier alpha value is -1.26. The average molecular weight is 263 g/mol. The van der Waals surface area contributed by atoms with Gasteiger partial charge in [0.2, 0.25) is 0 Å². The van der Waals surface area contributed by atoms with Crippen molar-refractivity contribution in [3.05, 3.63) is 23.8 Å². The second-order valence-corrected chi connectivity index (χ2v) is 6.02. The van der Waals surface area contributed by atoms with Crippen LogP contribution in [0.15, 0.2) is 18.2 Å². The summed E-state index contributed by atoms with van der Waals surface area (Å²) in [5, 5.41) is 0. The Morgan fingerprint density at radius 2 is 2.05 bits per heavy atom. The van der Waals surface area contributed by atoms with Crippen LogP contribution in [0.5, 0.6) is 5.75 Å². The van der Waals surface area contributed by atoms with Gasteiger partial charge in [-0.3, -0.25) is 9.80 Å². The van der Waals surface area contributed by atoms with Crippen molar-refractivity contribution in [1.82, 2.24) is 9.80 Å². The summed E-state index contributed by atoms with van der Waals surface area (Å²) in [6, 6.07) is 5.91. The van der Waals surface area contributed by atoms with E-state index < -0.39 is 0 Å². The number of ether oxygens (including phenoxy) is 1. The van der Waals surface area contributed by atoms with Crippen molar-refractivity contribution in [3.8, 4) is 5.75 Å². The van der Waals surface area contributed by atoms with Crippen molar-refractivity contribution in [2.24, 2.45) is 0 Å². The van der Waals surface area contributed by atoms with Crippen LogP contribution in [-0.4, -0.2) is 49.1 Å². The predicted octanol–water partition coefficient (Wildman–Crippen LogP) is 1.80. The number of hydrogen-bond acceptors (Lipinski definition) is 4. The SMILES string of the molecule is COc1cc(N)ccc1CN1CCN(C)C(C)(C)C1. The molecule has 1 saturated heterocycles. The molecule has 19 heavy (non-hydrogen) atoms. The average Bonchev–Trinajstić information content (AvgIpc) is 2.35. The molecule has 1 heterocycles. The number of benzene rings is 1. The molecule has 0 radical (unpaired) electrons. The summed E-state index contributed by atoms with van der Waals surface area (Å²) in [7, 11) is 3.90. The number of rotatable bonds is 3. The normalized spacial score (nSPS) is 20.4. The third-order valence-corrected chi connectivity index (χ3v) is 4.10. The lowest BCUT2D eigenvalue weighted by Gasteiger charge is -2.45. The standard InChI is InChI=1S/C15H25N3O/c1-15(2)11-18(8-7-17(15)3)10-12-5-6-13(16)9-14(12)19-4/h5-6,9H,7-8,10-11,16H2,1-4H3. The fourth-order valence-electron chi connectivity index (χ4n) is 2.61. The van der Waals surface area contributed by atoms with E-state index in [4.69, 9.17) is 10.5 Å². The zero-order chi connectivity index (χ0) is 14.0. The number of piperazine rings is 1. The van der Waals surface area contributed by atoms with Gasteiger partial charge in [-0.05, 0) is 27.0 Å². The Labute approximate surface area is 116 Å². The second kappa shape index (κ2) is 5.39. The van der Waals surface area contributed by atoms with E-state index in [2.05, 4.69) is 36.8 Å². The van der Waals surface area contributed by atoms with E-state index in [0.29, 0.717) is 0 Å². The minimum atomic E-state index is 0.222. The third kappa shape index (κ3) is 3.19. The van der Waals surface area contributed by atoms with Crippen LogP contribution in [0.1, 0.15) is 19.4 Å². The topological polar surface area (TPSA) is 41.7 Å². The Balaban J connectivity index is 2.10. The zero-order valence-corrected chi connectivity index (χ0v) is 12.4. The second-order valence-electron chi connectivity index (χ2n) is 6.02. The molecule has 0 amide bonds. The summed E-state index contributed by atoms with van der Waals surface area (Å²) >= 11 is 0. The van der Waals surface area contributed by atoms with Crippen molar-refractivity contribution < 1.29 is 4.74 Å². The molecule has 4 heteroatoms. The first-order chi connectivity index (χ1) is 8.92. The van der Waals surface area contributed by atoms with Crippen LogP contribution in [0, 0.1) is 0 Å². The first-order valence-electron chi connectivity index (χ1n) is 6.78. The Morgan fingerprint density at radius 3 is 2.68 bits per heavy atom. The summed E-state index contributed by atoms with van der Waals surface area (Å²) < 4.78 is 5.42. The molecule has 0 aromatic heterocycles. The molecule has 1 fully saturated rings. The van der Waals surface area contributed by atoms with Gasteiger partial charge in [0.05, 0.1) is 7.11 Å². The lowest BCUT2D eigenvalue weighted by atomic mass is 9.99. The van der Waals surface area contributed by atoms with Gasteiger partial charge in [-0.1, -0.05) is 6.07 Å². The van der Waals surface area contributed by atoms with Crippen LogP contribution in [-0.2, 0) is 6.54 Å². The van der Waals surface area contributed by atoms with Crippen LogP contribution in [0.25, 0.3) is 0 Å². The molecule has 4 nitrogen and oxygen atoms in total. The van der Waals surface area contributed by atoms with Gasteiger partial charge in [0.25, 0.3) is 0 Å². The van der Waals surface area contributed by atoms with Gasteiger partial charge in [-0.2, -0.15) is 0 Å². The number of nitrogens with zero attached hydrogens (tertiary/aromatic N) is 2. The molecule has 106 valence electrons. The van der Waals surface area contributed by atoms with E-state index in [9.17, 15) is 0 Å². The molecule has 0 unspecified atom stereocenters. The Kier molecular flexibility index (Phi) is 4.02. The Bertz CT molecular complexity index is 445. The molecule has 1 aliphatic rings. The van der Waals surface area contributed by atoms with Crippen LogP contribution >= 0.6 is 0 Å². The van der Waals surface area contributed by atoms with E-state index >= 15 is 0 Å². The lowest BCUT2D eigenvalue weighted by Crippen LogP contribution is -2.57. The molecule has 1 aromatic carbocycles. The highest BCUT2D eigenvalue weighted by Gasteiger charge is 2.31. The van der Waals surface area contributed by atoms with Crippen LogP contribution in [0.4, 0.5) is 5.69 Å². The minimum absolute atomic E-state index is 0.222. The Morgan fingerprint density at radius 1 is 1.32 bits per heavy atom. The first kappa shape index (κ1) is 14.2. The molecule has 0 bridgehead atoms. The molecule has 0 atom stereocenters. The predicted molar refractivity (Wildman–Crippen MR) is 79.4 cm³/mol. The molecule has 0 aliphatic carbocycles. The summed E-state index contributed by atoms with van der Waals surface area (Å²) in [6.45, 7) is 8.76. The fourth-order valence-corrected chi connectivity index (χ4v) is 2.61. The number of anilines is 1. The van der Waals surface area contributed by atoms with Gasteiger partial charge < -0.3 is 10.5 Å². The molecule has 2 rings (SSSR count).